The summed E-state index contributed by atoms with van der Waals surface area (Å²) in [5.74, 6) is -1.30. The zero-order chi connectivity index (χ0) is 14.0. The molecule has 0 aliphatic carbocycles. The second kappa shape index (κ2) is 3.51. The fourth-order valence-electron chi connectivity index (χ4n) is 3.76. The Morgan fingerprint density at radius 1 is 1.47 bits per heavy atom. The molecule has 8 nitrogen and oxygen atoms in total. The summed E-state index contributed by atoms with van der Waals surface area (Å²) in [5.41, 5.74) is 10.7. The normalized spacial score (nSPS) is 43.2. The van der Waals surface area contributed by atoms with Crippen molar-refractivity contribution < 1.29 is 14.8 Å². The summed E-state index contributed by atoms with van der Waals surface area (Å²) in [5, 5.41) is 27.1. The summed E-state index contributed by atoms with van der Waals surface area (Å²) in [6.07, 6.45) is 0.933. The molecule has 0 radical (unpaired) electrons. The van der Waals surface area contributed by atoms with Crippen molar-refractivity contribution in [3.05, 3.63) is 0 Å². The number of aliphatic hydroxyl groups is 2. The van der Waals surface area contributed by atoms with Gasteiger partial charge in [0.1, 0.15) is 12.1 Å². The zero-order valence-corrected chi connectivity index (χ0v) is 11.1. The summed E-state index contributed by atoms with van der Waals surface area (Å²) >= 11 is 0. The van der Waals surface area contributed by atoms with E-state index in [1.54, 1.807) is 4.58 Å². The van der Waals surface area contributed by atoms with Gasteiger partial charge in [-0.15, -0.1) is 0 Å². The van der Waals surface area contributed by atoms with Crippen molar-refractivity contribution in [1.82, 2.24) is 10.6 Å². The van der Waals surface area contributed by atoms with E-state index in [9.17, 15) is 10.2 Å². The summed E-state index contributed by atoms with van der Waals surface area (Å²) in [6, 6.07) is -0.616. The monoisotopic (exact) mass is 269 g/mol. The second-order valence-electron chi connectivity index (χ2n) is 5.63. The van der Waals surface area contributed by atoms with Gasteiger partial charge in [0.15, 0.2) is 5.96 Å². The lowest BCUT2D eigenvalue weighted by Crippen LogP contribution is -2.77. The van der Waals surface area contributed by atoms with E-state index in [2.05, 4.69) is 15.6 Å². The molecule has 0 aromatic rings. The second-order valence-corrected chi connectivity index (χ2v) is 5.63. The summed E-state index contributed by atoms with van der Waals surface area (Å²) in [4.78, 5) is 4.35. The lowest BCUT2D eigenvalue weighted by molar-refractivity contribution is -0.646. The van der Waals surface area contributed by atoms with Gasteiger partial charge in [0.25, 0.3) is 0 Å². The van der Waals surface area contributed by atoms with Crippen LogP contribution in [0.4, 0.5) is 0 Å². The predicted octanol–water partition coefficient (Wildman–Crippen LogP) is -2.85. The van der Waals surface area contributed by atoms with Crippen molar-refractivity contribution in [2.24, 2.45) is 16.5 Å². The van der Waals surface area contributed by atoms with Gasteiger partial charge in [0, 0.05) is 6.42 Å². The Morgan fingerprint density at radius 2 is 2.16 bits per heavy atom. The van der Waals surface area contributed by atoms with Gasteiger partial charge >= 0.3 is 5.96 Å². The number of nitrogens with one attached hydrogen (secondary N) is 2. The van der Waals surface area contributed by atoms with Crippen LogP contribution in [0.3, 0.4) is 0 Å². The minimum atomic E-state index is -1.94. The summed E-state index contributed by atoms with van der Waals surface area (Å²) in [6.45, 7) is 3.89. The number of rotatable bonds is 1. The van der Waals surface area contributed by atoms with E-state index in [1.807, 2.05) is 13.8 Å². The summed E-state index contributed by atoms with van der Waals surface area (Å²) < 4.78 is 1.76. The Morgan fingerprint density at radius 3 is 2.79 bits per heavy atom. The van der Waals surface area contributed by atoms with Crippen molar-refractivity contribution >= 4 is 11.9 Å². The van der Waals surface area contributed by atoms with Crippen LogP contribution in [-0.2, 0) is 0 Å². The number of nitrogens with zero attached hydrogens (tertiary/aromatic N) is 2. The van der Waals surface area contributed by atoms with Gasteiger partial charge in [-0.2, -0.15) is 0 Å². The number of guanidine groups is 2. The van der Waals surface area contributed by atoms with Crippen LogP contribution >= 0.6 is 0 Å². The number of hydrogen-bond acceptors (Lipinski definition) is 7. The number of hydrogen-bond donors (Lipinski definition) is 6. The first-order valence-corrected chi connectivity index (χ1v) is 6.58. The minimum absolute atomic E-state index is 0.0891. The molecule has 19 heavy (non-hydrogen) atoms. The molecular formula is C11H21N6O2+. The molecule has 1 spiro atoms. The van der Waals surface area contributed by atoms with Gasteiger partial charge in [0.2, 0.25) is 11.4 Å². The average Bonchev–Trinajstić information content (AvgIpc) is 2.73. The Balaban J connectivity index is 2.22. The van der Waals surface area contributed by atoms with Gasteiger partial charge in [-0.05, 0) is 13.3 Å². The van der Waals surface area contributed by atoms with E-state index >= 15 is 0 Å². The van der Waals surface area contributed by atoms with Gasteiger partial charge in [0.05, 0.1) is 6.04 Å². The fourth-order valence-corrected chi connectivity index (χ4v) is 3.76. The maximum absolute atomic E-state index is 10.5. The molecule has 0 aromatic heterocycles. The van der Waals surface area contributed by atoms with Crippen LogP contribution in [0.2, 0.25) is 0 Å². The highest BCUT2D eigenvalue weighted by Crippen LogP contribution is 2.43. The molecule has 0 aromatic carbocycles. The highest BCUT2D eigenvalue weighted by atomic mass is 16.5. The molecule has 0 unspecified atom stereocenters. The molecule has 106 valence electrons. The Labute approximate surface area is 111 Å². The maximum Gasteiger partial charge on any atom is 0.346 e. The first-order chi connectivity index (χ1) is 8.83. The van der Waals surface area contributed by atoms with Gasteiger partial charge < -0.3 is 21.3 Å². The fraction of sp³-hybridized carbons (Fsp3) is 0.818. The quantitative estimate of drug-likeness (QED) is 0.224. The van der Waals surface area contributed by atoms with Crippen LogP contribution in [-0.4, -0.2) is 56.3 Å². The van der Waals surface area contributed by atoms with E-state index < -0.39 is 17.5 Å². The van der Waals surface area contributed by atoms with E-state index in [0.717, 1.165) is 6.42 Å². The third kappa shape index (κ3) is 1.30. The standard InChI is InChI=1S/C11H20N6O2/c1-3-6-7-11(16-8(12)15-7)10(18,19)4-5(2)17(11)9(13)14-6/h5-7,18-19H,3-4H2,1-2H3,(H5,12,13,14,15,16)/p+1/t5-,6-,7-,11-/m0/s1. The third-order valence-corrected chi connectivity index (χ3v) is 4.45. The van der Waals surface area contributed by atoms with Crippen LogP contribution in [0.15, 0.2) is 4.99 Å². The molecule has 3 aliphatic rings. The molecule has 4 atom stereocenters. The van der Waals surface area contributed by atoms with Crippen molar-refractivity contribution in [1.29, 1.82) is 0 Å². The molecule has 0 saturated carbocycles. The molecule has 0 bridgehead atoms. The number of aliphatic imine (C=N–C) groups is 1. The first kappa shape index (κ1) is 12.5. The van der Waals surface area contributed by atoms with Crippen molar-refractivity contribution in [3.63, 3.8) is 0 Å². The van der Waals surface area contributed by atoms with Crippen molar-refractivity contribution in [2.45, 2.75) is 56.3 Å². The molecule has 8 heteroatoms. The Bertz CT molecular complexity index is 488. The predicted molar refractivity (Wildman–Crippen MR) is 69.2 cm³/mol. The number of nitrogens with two attached hydrogens (primary N) is 2. The third-order valence-electron chi connectivity index (χ3n) is 4.45. The molecule has 0 amide bonds. The van der Waals surface area contributed by atoms with Crippen LogP contribution < -0.4 is 22.1 Å². The van der Waals surface area contributed by atoms with Crippen LogP contribution in [0, 0.1) is 0 Å². The van der Waals surface area contributed by atoms with Crippen LogP contribution in [0.1, 0.15) is 26.7 Å². The van der Waals surface area contributed by atoms with E-state index in [0.29, 0.717) is 5.96 Å². The highest BCUT2D eigenvalue weighted by Gasteiger charge is 2.72. The molecule has 3 heterocycles. The molecule has 3 aliphatic heterocycles. The smallest absolute Gasteiger partial charge is 0.346 e. The van der Waals surface area contributed by atoms with Gasteiger partial charge in [-0.25, -0.2) is 9.57 Å². The molecular weight excluding hydrogens is 248 g/mol. The van der Waals surface area contributed by atoms with E-state index in [1.165, 1.54) is 0 Å². The Hall–Kier alpha value is -1.54. The first-order valence-electron chi connectivity index (χ1n) is 6.58. The lowest BCUT2D eigenvalue weighted by Gasteiger charge is -2.43. The van der Waals surface area contributed by atoms with Gasteiger partial charge in [-0.3, -0.25) is 11.1 Å². The van der Waals surface area contributed by atoms with Crippen LogP contribution in [0.5, 0.6) is 0 Å². The summed E-state index contributed by atoms with van der Waals surface area (Å²) in [7, 11) is 0. The van der Waals surface area contributed by atoms with Crippen molar-refractivity contribution in [3.8, 4) is 0 Å². The maximum atomic E-state index is 10.5. The van der Waals surface area contributed by atoms with Crippen LogP contribution in [0.25, 0.3) is 0 Å². The zero-order valence-electron chi connectivity index (χ0n) is 11.1. The molecule has 1 fully saturated rings. The molecule has 1 saturated heterocycles. The van der Waals surface area contributed by atoms with E-state index in [4.69, 9.17) is 11.5 Å². The molecule has 8 N–H and O–H groups in total. The Kier molecular flexibility index (Phi) is 2.31. The SMILES string of the molecule is CC[C@@H]1NC(N)=[N+]2[C@@H](C)CC(O)(O)[C@@]23NC(N)=N[C@@H]13. The lowest BCUT2D eigenvalue weighted by atomic mass is 9.86. The highest BCUT2D eigenvalue weighted by molar-refractivity contribution is 5.83. The van der Waals surface area contributed by atoms with E-state index in [-0.39, 0.29) is 24.5 Å². The molecule has 3 rings (SSSR count). The van der Waals surface area contributed by atoms with Gasteiger partial charge in [-0.1, -0.05) is 6.92 Å². The largest absolute Gasteiger partial charge is 0.370 e. The van der Waals surface area contributed by atoms with Crippen molar-refractivity contribution in [2.75, 3.05) is 0 Å². The average molecular weight is 269 g/mol. The minimum Gasteiger partial charge on any atom is -0.370 e. The topological polar surface area (TPSA) is 132 Å².